The first kappa shape index (κ1) is 18.4. The molecule has 146 valence electrons. The van der Waals surface area contributed by atoms with Gasteiger partial charge >= 0.3 is 6.03 Å². The van der Waals surface area contributed by atoms with E-state index in [-0.39, 0.29) is 12.4 Å². The predicted molar refractivity (Wildman–Crippen MR) is 103 cm³/mol. The average molecular weight is 393 g/mol. The lowest BCUT2D eigenvalue weighted by Gasteiger charge is -2.10. The fraction of sp³-hybridized carbons (Fsp3) is 0.100. The van der Waals surface area contributed by atoms with Gasteiger partial charge in [-0.2, -0.15) is 14.9 Å². The van der Waals surface area contributed by atoms with Gasteiger partial charge in [0.2, 0.25) is 11.8 Å². The number of amides is 3. The van der Waals surface area contributed by atoms with Crippen molar-refractivity contribution in [3.8, 4) is 17.3 Å². The molecule has 8 nitrogen and oxygen atoms in total. The van der Waals surface area contributed by atoms with E-state index in [2.05, 4.69) is 15.5 Å². The van der Waals surface area contributed by atoms with Gasteiger partial charge in [-0.1, -0.05) is 18.2 Å². The van der Waals surface area contributed by atoms with Gasteiger partial charge in [-0.25, -0.2) is 14.2 Å². The Hall–Kier alpha value is -4.01. The van der Waals surface area contributed by atoms with Gasteiger partial charge in [0.15, 0.2) is 0 Å². The van der Waals surface area contributed by atoms with E-state index in [1.807, 2.05) is 30.3 Å². The molecule has 1 aliphatic rings. The molecule has 0 atom stereocenters. The Bertz CT molecular complexity index is 1090. The fourth-order valence-corrected chi connectivity index (χ4v) is 2.78. The summed E-state index contributed by atoms with van der Waals surface area (Å²) in [5, 5.41) is 11.8. The zero-order chi connectivity index (χ0) is 20.4. The van der Waals surface area contributed by atoms with Crippen LogP contribution in [0.25, 0.3) is 5.69 Å². The monoisotopic (exact) mass is 393 g/mol. The molecule has 1 fully saturated rings. The highest BCUT2D eigenvalue weighted by Crippen LogP contribution is 2.29. The summed E-state index contributed by atoms with van der Waals surface area (Å²) in [6.07, 6.45) is 1.42. The third-order valence-corrected chi connectivity index (χ3v) is 4.19. The Balaban J connectivity index is 1.75. The third kappa shape index (κ3) is 3.84. The summed E-state index contributed by atoms with van der Waals surface area (Å²) in [5.41, 5.74) is 1.87. The summed E-state index contributed by atoms with van der Waals surface area (Å²) in [6.45, 7) is 1.61. The maximum atomic E-state index is 13.2. The van der Waals surface area contributed by atoms with Crippen LogP contribution in [0.1, 0.15) is 11.3 Å². The molecule has 1 aromatic heterocycles. The molecule has 2 heterocycles. The van der Waals surface area contributed by atoms with Gasteiger partial charge in [-0.05, 0) is 43.3 Å². The van der Waals surface area contributed by atoms with E-state index >= 15 is 0 Å². The van der Waals surface area contributed by atoms with E-state index in [1.165, 1.54) is 30.5 Å². The Labute approximate surface area is 165 Å². The number of halogens is 1. The van der Waals surface area contributed by atoms with Crippen molar-refractivity contribution in [1.29, 1.82) is 0 Å². The van der Waals surface area contributed by atoms with E-state index in [1.54, 1.807) is 11.6 Å². The number of benzene rings is 2. The van der Waals surface area contributed by atoms with E-state index in [4.69, 9.17) is 4.74 Å². The minimum Gasteiger partial charge on any atom is -0.438 e. The highest BCUT2D eigenvalue weighted by atomic mass is 19.1. The van der Waals surface area contributed by atoms with E-state index in [9.17, 15) is 14.0 Å². The van der Waals surface area contributed by atoms with E-state index < -0.39 is 11.9 Å². The minimum atomic E-state index is -0.597. The number of carbonyl (C=O) groups is 2. The number of aromatic nitrogens is 2. The SMILES string of the molecule is Cc1nn(-c2ccccc2)c(Oc2ccc(F)cc2)c1/C=N/N1CC(=O)NC1=O. The molecule has 0 spiro atoms. The summed E-state index contributed by atoms with van der Waals surface area (Å²) in [6, 6.07) is 14.3. The van der Waals surface area contributed by atoms with Crippen molar-refractivity contribution in [3.05, 3.63) is 71.7 Å². The topological polar surface area (TPSA) is 88.8 Å². The number of ether oxygens (including phenoxy) is 1. The van der Waals surface area contributed by atoms with Crippen LogP contribution < -0.4 is 10.1 Å². The molecular weight excluding hydrogens is 377 g/mol. The van der Waals surface area contributed by atoms with Gasteiger partial charge in [0.1, 0.15) is 18.1 Å². The number of hydrogen-bond acceptors (Lipinski definition) is 5. The third-order valence-electron chi connectivity index (χ3n) is 4.19. The van der Waals surface area contributed by atoms with Crippen molar-refractivity contribution < 1.29 is 18.7 Å². The molecule has 0 unspecified atom stereocenters. The molecule has 2 aromatic carbocycles. The molecule has 1 N–H and O–H groups in total. The number of nitrogens with one attached hydrogen (secondary N) is 1. The number of para-hydroxylation sites is 1. The number of hydrazone groups is 1. The van der Waals surface area contributed by atoms with Crippen LogP contribution in [-0.2, 0) is 4.79 Å². The summed E-state index contributed by atoms with van der Waals surface area (Å²) in [4.78, 5) is 23.1. The smallest absolute Gasteiger partial charge is 0.344 e. The van der Waals surface area contributed by atoms with Crippen LogP contribution in [-0.4, -0.2) is 39.5 Å². The second-order valence-corrected chi connectivity index (χ2v) is 6.26. The molecule has 9 heteroatoms. The van der Waals surface area contributed by atoms with Crippen LogP contribution in [0.5, 0.6) is 11.6 Å². The summed E-state index contributed by atoms with van der Waals surface area (Å²) in [5.74, 6) is -0.0505. The second-order valence-electron chi connectivity index (χ2n) is 6.26. The minimum absolute atomic E-state index is 0.157. The summed E-state index contributed by atoms with van der Waals surface area (Å²) >= 11 is 0. The lowest BCUT2D eigenvalue weighted by Crippen LogP contribution is -2.24. The average Bonchev–Trinajstić information content (AvgIpc) is 3.20. The van der Waals surface area contributed by atoms with Crippen LogP contribution in [0.4, 0.5) is 9.18 Å². The molecular formula is C20H16FN5O3. The van der Waals surface area contributed by atoms with Crippen molar-refractivity contribution in [2.45, 2.75) is 6.92 Å². The van der Waals surface area contributed by atoms with Gasteiger partial charge < -0.3 is 4.74 Å². The Kier molecular flexibility index (Phi) is 4.78. The lowest BCUT2D eigenvalue weighted by atomic mass is 10.2. The van der Waals surface area contributed by atoms with E-state index in [0.29, 0.717) is 22.9 Å². The normalized spacial score (nSPS) is 13.9. The first-order valence-corrected chi connectivity index (χ1v) is 8.75. The highest BCUT2D eigenvalue weighted by Gasteiger charge is 2.26. The van der Waals surface area contributed by atoms with Crippen LogP contribution in [0.15, 0.2) is 59.7 Å². The van der Waals surface area contributed by atoms with Crippen molar-refractivity contribution in [3.63, 3.8) is 0 Å². The first-order chi connectivity index (χ1) is 14.0. The number of nitrogens with zero attached hydrogens (tertiary/aromatic N) is 4. The Morgan fingerprint density at radius 3 is 2.52 bits per heavy atom. The van der Waals surface area contributed by atoms with Crippen LogP contribution in [0, 0.1) is 12.7 Å². The fourth-order valence-electron chi connectivity index (χ4n) is 2.78. The quantitative estimate of drug-likeness (QED) is 0.533. The molecule has 0 aliphatic carbocycles. The molecule has 4 rings (SSSR count). The Morgan fingerprint density at radius 2 is 1.86 bits per heavy atom. The molecule has 1 aliphatic heterocycles. The van der Waals surface area contributed by atoms with Crippen LogP contribution in [0.3, 0.4) is 0 Å². The Morgan fingerprint density at radius 1 is 1.14 bits per heavy atom. The second kappa shape index (κ2) is 7.55. The van der Waals surface area contributed by atoms with Crippen molar-refractivity contribution in [1.82, 2.24) is 20.1 Å². The number of hydrogen-bond donors (Lipinski definition) is 1. The highest BCUT2D eigenvalue weighted by molar-refractivity contribution is 6.02. The molecule has 3 aromatic rings. The van der Waals surface area contributed by atoms with Gasteiger partial charge in [-0.3, -0.25) is 10.1 Å². The number of carbonyl (C=O) groups excluding carboxylic acids is 2. The zero-order valence-corrected chi connectivity index (χ0v) is 15.4. The van der Waals surface area contributed by atoms with Crippen molar-refractivity contribution in [2.24, 2.45) is 5.10 Å². The molecule has 0 radical (unpaired) electrons. The van der Waals surface area contributed by atoms with E-state index in [0.717, 1.165) is 10.7 Å². The predicted octanol–water partition coefficient (Wildman–Crippen LogP) is 3.00. The molecule has 3 amide bonds. The van der Waals surface area contributed by atoms with Crippen molar-refractivity contribution >= 4 is 18.2 Å². The van der Waals surface area contributed by atoms with Crippen LogP contribution >= 0.6 is 0 Å². The maximum absolute atomic E-state index is 13.2. The summed E-state index contributed by atoms with van der Waals surface area (Å²) in [7, 11) is 0. The van der Waals surface area contributed by atoms with Gasteiger partial charge in [0.05, 0.1) is 23.2 Å². The molecule has 0 saturated carbocycles. The zero-order valence-electron chi connectivity index (χ0n) is 15.4. The lowest BCUT2D eigenvalue weighted by molar-refractivity contribution is -0.118. The van der Waals surface area contributed by atoms with Gasteiger partial charge in [-0.15, -0.1) is 0 Å². The maximum Gasteiger partial charge on any atom is 0.344 e. The summed E-state index contributed by atoms with van der Waals surface area (Å²) < 4.78 is 20.8. The standard InChI is InChI=1S/C20H16FN5O3/c1-13-17(11-22-25-12-18(27)23-20(25)28)19(29-16-9-7-14(21)8-10-16)26(24-13)15-5-3-2-4-6-15/h2-11H,12H2,1H3,(H,23,27,28)/b22-11+. The number of imide groups is 1. The number of urea groups is 1. The molecule has 0 bridgehead atoms. The van der Waals surface area contributed by atoms with Crippen molar-refractivity contribution in [2.75, 3.05) is 6.54 Å². The van der Waals surface area contributed by atoms with Gasteiger partial charge in [0, 0.05) is 0 Å². The first-order valence-electron chi connectivity index (χ1n) is 8.75. The molecule has 29 heavy (non-hydrogen) atoms. The number of aryl methyl sites for hydroxylation is 1. The van der Waals surface area contributed by atoms with Gasteiger partial charge in [0.25, 0.3) is 0 Å². The molecule has 1 saturated heterocycles. The van der Waals surface area contributed by atoms with Crippen LogP contribution in [0.2, 0.25) is 0 Å². The number of rotatable bonds is 5. The largest absolute Gasteiger partial charge is 0.438 e.